The molecule has 0 aliphatic heterocycles. The number of aliphatic hydroxyl groups excluding tert-OH is 1. The zero-order valence-corrected chi connectivity index (χ0v) is 13.1. The molecule has 0 atom stereocenters. The van der Waals surface area contributed by atoms with Crippen molar-refractivity contribution in [2.75, 3.05) is 20.8 Å². The summed E-state index contributed by atoms with van der Waals surface area (Å²) in [5.41, 5.74) is 0.376. The highest BCUT2D eigenvalue weighted by Gasteiger charge is 2.23. The third-order valence-corrected chi connectivity index (χ3v) is 5.20. The number of sulfonamides is 1. The minimum absolute atomic E-state index is 0.0727. The van der Waals surface area contributed by atoms with E-state index in [1.807, 2.05) is 0 Å². The average molecular weight is 315 g/mol. The van der Waals surface area contributed by atoms with Crippen molar-refractivity contribution >= 4 is 10.0 Å². The van der Waals surface area contributed by atoms with Crippen LogP contribution < -0.4 is 14.2 Å². The number of methoxy groups -OCH3 is 2. The Morgan fingerprint density at radius 1 is 1.29 bits per heavy atom. The molecule has 0 unspecified atom stereocenters. The van der Waals surface area contributed by atoms with Crippen molar-refractivity contribution < 1.29 is 23.0 Å². The van der Waals surface area contributed by atoms with Gasteiger partial charge in [-0.25, -0.2) is 13.1 Å². The quantitative estimate of drug-likeness (QED) is 0.791. The second kappa shape index (κ2) is 6.64. The van der Waals surface area contributed by atoms with E-state index in [-0.39, 0.29) is 17.3 Å². The first-order chi connectivity index (χ1) is 10.0. The molecule has 7 heteroatoms. The van der Waals surface area contributed by atoms with Crippen molar-refractivity contribution in [3.05, 3.63) is 17.7 Å². The second-order valence-corrected chi connectivity index (χ2v) is 6.89. The molecule has 0 amide bonds. The van der Waals surface area contributed by atoms with E-state index < -0.39 is 10.0 Å². The Morgan fingerprint density at radius 3 is 2.48 bits per heavy atom. The summed E-state index contributed by atoms with van der Waals surface area (Å²) in [6, 6.07) is 2.81. The predicted octanol–water partition coefficient (Wildman–Crippen LogP) is 1.27. The molecule has 1 aliphatic carbocycles. The van der Waals surface area contributed by atoms with Crippen LogP contribution in [-0.4, -0.2) is 34.3 Å². The molecule has 0 spiro atoms. The lowest BCUT2D eigenvalue weighted by Gasteiger charge is -2.25. The summed E-state index contributed by atoms with van der Waals surface area (Å²) in [4.78, 5) is 0.0727. The second-order valence-electron chi connectivity index (χ2n) is 5.12. The first kappa shape index (κ1) is 16.1. The van der Waals surface area contributed by atoms with Gasteiger partial charge < -0.3 is 14.6 Å². The van der Waals surface area contributed by atoms with Crippen LogP contribution in [-0.2, 0) is 16.6 Å². The standard InChI is InChI=1S/C14H21NO5S/c1-19-13-7-12(6-11(9-16)14(13)20-2)21(17,18)15-8-10-4-3-5-10/h6-7,10,15-16H,3-5,8-9H2,1-2H3. The number of hydrogen-bond acceptors (Lipinski definition) is 5. The maximum Gasteiger partial charge on any atom is 0.240 e. The van der Waals surface area contributed by atoms with Gasteiger partial charge in [0.25, 0.3) is 0 Å². The van der Waals surface area contributed by atoms with Crippen molar-refractivity contribution in [2.45, 2.75) is 30.8 Å². The van der Waals surface area contributed by atoms with Crippen LogP contribution in [0.25, 0.3) is 0 Å². The fraction of sp³-hybridized carbons (Fsp3) is 0.571. The van der Waals surface area contributed by atoms with Gasteiger partial charge in [0.1, 0.15) is 0 Å². The Morgan fingerprint density at radius 2 is 2.00 bits per heavy atom. The van der Waals surface area contributed by atoms with Gasteiger partial charge in [-0.15, -0.1) is 0 Å². The van der Waals surface area contributed by atoms with Crippen molar-refractivity contribution in [1.29, 1.82) is 0 Å². The highest BCUT2D eigenvalue weighted by molar-refractivity contribution is 7.89. The molecule has 2 rings (SSSR count). The summed E-state index contributed by atoms with van der Waals surface area (Å²) in [6.07, 6.45) is 3.30. The zero-order chi connectivity index (χ0) is 15.5. The molecule has 0 heterocycles. The van der Waals surface area contributed by atoms with Crippen molar-refractivity contribution in [3.8, 4) is 11.5 Å². The molecule has 0 bridgehead atoms. The van der Waals surface area contributed by atoms with Gasteiger partial charge in [0.05, 0.1) is 25.7 Å². The van der Waals surface area contributed by atoms with Crippen LogP contribution in [0.3, 0.4) is 0 Å². The van der Waals surface area contributed by atoms with Gasteiger partial charge in [0.2, 0.25) is 10.0 Å². The lowest BCUT2D eigenvalue weighted by molar-refractivity contribution is 0.269. The van der Waals surface area contributed by atoms with E-state index in [0.29, 0.717) is 23.8 Å². The van der Waals surface area contributed by atoms with Crippen molar-refractivity contribution in [1.82, 2.24) is 4.72 Å². The van der Waals surface area contributed by atoms with Gasteiger partial charge in [-0.2, -0.15) is 0 Å². The third-order valence-electron chi connectivity index (χ3n) is 3.80. The molecule has 1 fully saturated rings. The Bertz CT molecular complexity index is 570. The van der Waals surface area contributed by atoms with Crippen LogP contribution in [0.1, 0.15) is 24.8 Å². The van der Waals surface area contributed by atoms with E-state index >= 15 is 0 Å². The smallest absolute Gasteiger partial charge is 0.240 e. The Balaban J connectivity index is 2.28. The Labute approximate surface area is 125 Å². The van der Waals surface area contributed by atoms with E-state index in [1.165, 1.54) is 26.4 Å². The van der Waals surface area contributed by atoms with Crippen LogP contribution in [0.15, 0.2) is 17.0 Å². The molecule has 1 aliphatic rings. The van der Waals surface area contributed by atoms with E-state index in [1.54, 1.807) is 0 Å². The molecule has 0 radical (unpaired) electrons. The monoisotopic (exact) mass is 315 g/mol. The van der Waals surface area contributed by atoms with E-state index in [0.717, 1.165) is 19.3 Å². The number of aliphatic hydroxyl groups is 1. The molecular formula is C14H21NO5S. The average Bonchev–Trinajstić information content (AvgIpc) is 2.43. The first-order valence-corrected chi connectivity index (χ1v) is 8.35. The maximum atomic E-state index is 12.3. The fourth-order valence-corrected chi connectivity index (χ4v) is 3.48. The number of rotatable bonds is 7. The summed E-state index contributed by atoms with van der Waals surface area (Å²) >= 11 is 0. The van der Waals surface area contributed by atoms with Gasteiger partial charge >= 0.3 is 0 Å². The highest BCUT2D eigenvalue weighted by atomic mass is 32.2. The first-order valence-electron chi connectivity index (χ1n) is 6.87. The summed E-state index contributed by atoms with van der Waals surface area (Å²) in [6.45, 7) is 0.122. The van der Waals surface area contributed by atoms with Crippen LogP contribution in [0.2, 0.25) is 0 Å². The van der Waals surface area contributed by atoms with Crippen LogP contribution in [0.5, 0.6) is 11.5 Å². The van der Waals surface area contributed by atoms with E-state index in [4.69, 9.17) is 9.47 Å². The lowest BCUT2D eigenvalue weighted by Crippen LogP contribution is -2.32. The summed E-state index contributed by atoms with van der Waals surface area (Å²) in [5, 5.41) is 9.37. The van der Waals surface area contributed by atoms with Gasteiger partial charge in [-0.05, 0) is 24.8 Å². The molecular weight excluding hydrogens is 294 g/mol. The number of hydrogen-bond donors (Lipinski definition) is 2. The zero-order valence-electron chi connectivity index (χ0n) is 12.3. The third kappa shape index (κ3) is 3.48. The normalized spacial score (nSPS) is 15.6. The van der Waals surface area contributed by atoms with Crippen LogP contribution in [0.4, 0.5) is 0 Å². The molecule has 21 heavy (non-hydrogen) atoms. The summed E-state index contributed by atoms with van der Waals surface area (Å²) in [7, 11) is -0.746. The topological polar surface area (TPSA) is 84.9 Å². The molecule has 1 saturated carbocycles. The minimum Gasteiger partial charge on any atom is -0.493 e. The summed E-state index contributed by atoms with van der Waals surface area (Å²) < 4.78 is 37.6. The van der Waals surface area contributed by atoms with Gasteiger partial charge in [-0.3, -0.25) is 0 Å². The molecule has 118 valence electrons. The summed E-state index contributed by atoms with van der Waals surface area (Å²) in [5.74, 6) is 1.06. The van der Waals surface area contributed by atoms with E-state index in [2.05, 4.69) is 4.72 Å². The van der Waals surface area contributed by atoms with Crippen LogP contribution in [0, 0.1) is 5.92 Å². The maximum absolute atomic E-state index is 12.3. The SMILES string of the molecule is COc1cc(S(=O)(=O)NCC2CCC2)cc(CO)c1OC. The highest BCUT2D eigenvalue weighted by Crippen LogP contribution is 2.34. The van der Waals surface area contributed by atoms with Crippen LogP contribution >= 0.6 is 0 Å². The number of benzene rings is 1. The van der Waals surface area contributed by atoms with Crippen molar-refractivity contribution in [2.24, 2.45) is 5.92 Å². The van der Waals surface area contributed by atoms with Crippen molar-refractivity contribution in [3.63, 3.8) is 0 Å². The number of nitrogens with one attached hydrogen (secondary N) is 1. The molecule has 1 aromatic rings. The largest absolute Gasteiger partial charge is 0.493 e. The fourth-order valence-electron chi connectivity index (χ4n) is 2.30. The van der Waals surface area contributed by atoms with E-state index in [9.17, 15) is 13.5 Å². The van der Waals surface area contributed by atoms with Gasteiger partial charge in [-0.1, -0.05) is 6.42 Å². The molecule has 0 saturated heterocycles. The number of ether oxygens (including phenoxy) is 2. The Hall–Kier alpha value is -1.31. The predicted molar refractivity (Wildman–Crippen MR) is 78.0 cm³/mol. The minimum atomic E-state index is -3.62. The molecule has 0 aromatic heterocycles. The Kier molecular flexibility index (Phi) is 5.08. The lowest BCUT2D eigenvalue weighted by atomic mass is 9.86. The molecule has 1 aromatic carbocycles. The van der Waals surface area contributed by atoms with Gasteiger partial charge in [0.15, 0.2) is 11.5 Å². The molecule has 6 nitrogen and oxygen atoms in total. The molecule has 2 N–H and O–H groups in total. The van der Waals surface area contributed by atoms with Gasteiger partial charge in [0, 0.05) is 18.2 Å².